The molecule has 1 aliphatic rings. The first-order valence-corrected chi connectivity index (χ1v) is 9.32. The van der Waals surface area contributed by atoms with Crippen molar-refractivity contribution in [1.29, 1.82) is 0 Å². The first kappa shape index (κ1) is 20.3. The van der Waals surface area contributed by atoms with Gasteiger partial charge in [-0.05, 0) is 24.1 Å². The molecule has 10 heteroatoms. The number of nitrogens with one attached hydrogen (secondary N) is 1. The summed E-state index contributed by atoms with van der Waals surface area (Å²) in [7, 11) is 0. The van der Waals surface area contributed by atoms with Gasteiger partial charge in [-0.15, -0.1) is 0 Å². The Morgan fingerprint density at radius 3 is 2.71 bits per heavy atom. The lowest BCUT2D eigenvalue weighted by Gasteiger charge is -2.25. The quantitative estimate of drug-likeness (QED) is 0.789. The van der Waals surface area contributed by atoms with Crippen LogP contribution in [-0.2, 0) is 4.79 Å². The van der Waals surface area contributed by atoms with Gasteiger partial charge in [0.25, 0.3) is 0 Å². The fourth-order valence-electron chi connectivity index (χ4n) is 3.01. The molecule has 28 heavy (non-hydrogen) atoms. The average Bonchev–Trinajstić information content (AvgIpc) is 2.92. The fraction of sp³-hybridized carbons (Fsp3) is 0.333. The Hall–Kier alpha value is -2.45. The normalized spacial score (nSPS) is 16.8. The summed E-state index contributed by atoms with van der Waals surface area (Å²) in [5, 5.41) is 3.18. The van der Waals surface area contributed by atoms with Gasteiger partial charge >= 0.3 is 6.03 Å². The first-order chi connectivity index (χ1) is 13.3. The summed E-state index contributed by atoms with van der Waals surface area (Å²) in [6.45, 7) is 3.86. The number of rotatable bonds is 5. The van der Waals surface area contributed by atoms with Crippen molar-refractivity contribution in [3.05, 3.63) is 46.5 Å². The van der Waals surface area contributed by atoms with E-state index in [4.69, 9.17) is 23.2 Å². The van der Waals surface area contributed by atoms with E-state index in [2.05, 4.69) is 15.3 Å². The standard InChI is InChI=1S/C18H18Cl2FN5O2/c1-10(2)14-8-26(17-13(21)5-12(20)7-23-17)18(28)25(14)9-16(27)24-15-6-11(19)3-4-22-15/h3-7,10,14H,8-9H2,1-2H3,(H,22,24,27)/t14-/m1/s1. The van der Waals surface area contributed by atoms with Crippen LogP contribution in [0.3, 0.4) is 0 Å². The molecule has 1 atom stereocenters. The van der Waals surface area contributed by atoms with Crippen LogP contribution >= 0.6 is 23.2 Å². The van der Waals surface area contributed by atoms with E-state index in [-0.39, 0.29) is 41.7 Å². The Morgan fingerprint density at radius 1 is 1.32 bits per heavy atom. The summed E-state index contributed by atoms with van der Waals surface area (Å²) < 4.78 is 14.3. The Kier molecular flexibility index (Phi) is 6.00. The van der Waals surface area contributed by atoms with E-state index in [9.17, 15) is 14.0 Å². The minimum Gasteiger partial charge on any atom is -0.310 e. The van der Waals surface area contributed by atoms with Crippen LogP contribution in [0, 0.1) is 11.7 Å². The van der Waals surface area contributed by atoms with Crippen LogP contribution in [0.15, 0.2) is 30.6 Å². The summed E-state index contributed by atoms with van der Waals surface area (Å²) in [4.78, 5) is 35.9. The molecule has 1 fully saturated rings. The lowest BCUT2D eigenvalue weighted by Crippen LogP contribution is -2.43. The SMILES string of the molecule is CC(C)[C@H]1CN(c2ncc(Cl)cc2F)C(=O)N1CC(=O)Nc1cc(Cl)ccn1. The van der Waals surface area contributed by atoms with Crippen LogP contribution < -0.4 is 10.2 Å². The molecule has 0 aromatic carbocycles. The molecule has 3 rings (SSSR count). The highest BCUT2D eigenvalue weighted by atomic mass is 35.5. The average molecular weight is 426 g/mol. The molecule has 2 aromatic rings. The molecule has 0 radical (unpaired) electrons. The molecular weight excluding hydrogens is 408 g/mol. The van der Waals surface area contributed by atoms with Crippen molar-refractivity contribution >= 4 is 46.8 Å². The number of hydrogen-bond acceptors (Lipinski definition) is 4. The third kappa shape index (κ3) is 4.34. The second kappa shape index (κ2) is 8.28. The lowest BCUT2D eigenvalue weighted by molar-refractivity contribution is -0.117. The summed E-state index contributed by atoms with van der Waals surface area (Å²) in [5.41, 5.74) is 0. The van der Waals surface area contributed by atoms with Crippen LogP contribution in [0.5, 0.6) is 0 Å². The van der Waals surface area contributed by atoms with Crippen molar-refractivity contribution in [2.45, 2.75) is 19.9 Å². The number of hydrogen-bond donors (Lipinski definition) is 1. The number of aromatic nitrogens is 2. The minimum absolute atomic E-state index is 0.0430. The highest BCUT2D eigenvalue weighted by molar-refractivity contribution is 6.31. The van der Waals surface area contributed by atoms with E-state index in [1.807, 2.05) is 13.8 Å². The molecular formula is C18H18Cl2FN5O2. The monoisotopic (exact) mass is 425 g/mol. The van der Waals surface area contributed by atoms with Gasteiger partial charge in [0.15, 0.2) is 11.6 Å². The van der Waals surface area contributed by atoms with Crippen molar-refractivity contribution in [2.75, 3.05) is 23.3 Å². The van der Waals surface area contributed by atoms with Gasteiger partial charge < -0.3 is 10.2 Å². The smallest absolute Gasteiger partial charge is 0.310 e. The van der Waals surface area contributed by atoms with Crippen molar-refractivity contribution in [3.63, 3.8) is 0 Å². The maximum atomic E-state index is 14.3. The zero-order chi connectivity index (χ0) is 20.4. The molecule has 0 unspecified atom stereocenters. The predicted octanol–water partition coefficient (Wildman–Crippen LogP) is 3.83. The van der Waals surface area contributed by atoms with Gasteiger partial charge in [0.1, 0.15) is 12.4 Å². The number of anilines is 2. The van der Waals surface area contributed by atoms with Gasteiger partial charge in [-0.2, -0.15) is 0 Å². The molecule has 0 spiro atoms. The molecule has 1 aliphatic heterocycles. The molecule has 2 aromatic heterocycles. The molecule has 0 aliphatic carbocycles. The highest BCUT2D eigenvalue weighted by Crippen LogP contribution is 2.28. The van der Waals surface area contributed by atoms with Crippen molar-refractivity contribution in [3.8, 4) is 0 Å². The summed E-state index contributed by atoms with van der Waals surface area (Å²) in [6, 6.07) is 3.40. The topological polar surface area (TPSA) is 78.4 Å². The summed E-state index contributed by atoms with van der Waals surface area (Å²) in [5.74, 6) is -0.911. The number of halogens is 3. The van der Waals surface area contributed by atoms with Crippen molar-refractivity contribution in [2.24, 2.45) is 5.92 Å². The Bertz CT molecular complexity index is 911. The molecule has 3 heterocycles. The number of pyridine rings is 2. The fourth-order valence-corrected chi connectivity index (χ4v) is 3.31. The zero-order valence-electron chi connectivity index (χ0n) is 15.2. The number of urea groups is 1. The van der Waals surface area contributed by atoms with E-state index in [1.165, 1.54) is 28.3 Å². The largest absolute Gasteiger partial charge is 0.326 e. The molecule has 0 saturated carbocycles. The van der Waals surface area contributed by atoms with Gasteiger partial charge in [0.2, 0.25) is 5.91 Å². The number of carbonyl (C=O) groups excluding carboxylic acids is 2. The molecule has 148 valence electrons. The van der Waals surface area contributed by atoms with Crippen LogP contribution in [0.4, 0.5) is 20.8 Å². The predicted molar refractivity (Wildman–Crippen MR) is 105 cm³/mol. The van der Waals surface area contributed by atoms with E-state index in [1.54, 1.807) is 6.07 Å². The molecule has 7 nitrogen and oxygen atoms in total. The van der Waals surface area contributed by atoms with Crippen LogP contribution in [0.2, 0.25) is 10.0 Å². The van der Waals surface area contributed by atoms with Crippen molar-refractivity contribution < 1.29 is 14.0 Å². The van der Waals surface area contributed by atoms with E-state index < -0.39 is 17.8 Å². The summed E-state index contributed by atoms with van der Waals surface area (Å²) in [6.07, 6.45) is 2.74. The van der Waals surface area contributed by atoms with Gasteiger partial charge in [-0.3, -0.25) is 9.69 Å². The Morgan fingerprint density at radius 2 is 2.07 bits per heavy atom. The second-order valence-corrected chi connectivity index (χ2v) is 7.57. The first-order valence-electron chi connectivity index (χ1n) is 8.57. The van der Waals surface area contributed by atoms with E-state index in [0.29, 0.717) is 5.02 Å². The molecule has 1 N–H and O–H groups in total. The molecule has 0 bridgehead atoms. The number of amides is 3. The van der Waals surface area contributed by atoms with Crippen LogP contribution in [0.25, 0.3) is 0 Å². The van der Waals surface area contributed by atoms with Gasteiger partial charge in [-0.25, -0.2) is 19.2 Å². The van der Waals surface area contributed by atoms with E-state index in [0.717, 1.165) is 6.07 Å². The number of carbonyl (C=O) groups is 2. The Balaban J connectivity index is 1.78. The van der Waals surface area contributed by atoms with Crippen LogP contribution in [-0.4, -0.2) is 45.9 Å². The molecule has 1 saturated heterocycles. The second-order valence-electron chi connectivity index (χ2n) is 6.70. The molecule has 3 amide bonds. The third-order valence-corrected chi connectivity index (χ3v) is 4.81. The highest BCUT2D eigenvalue weighted by Gasteiger charge is 2.41. The van der Waals surface area contributed by atoms with Gasteiger partial charge in [-0.1, -0.05) is 37.0 Å². The third-order valence-electron chi connectivity index (χ3n) is 4.36. The van der Waals surface area contributed by atoms with Crippen LogP contribution in [0.1, 0.15) is 13.8 Å². The van der Waals surface area contributed by atoms with Gasteiger partial charge in [0, 0.05) is 17.4 Å². The number of nitrogens with zero attached hydrogens (tertiary/aromatic N) is 4. The minimum atomic E-state index is -0.696. The lowest BCUT2D eigenvalue weighted by atomic mass is 10.0. The Labute approximate surface area is 171 Å². The zero-order valence-corrected chi connectivity index (χ0v) is 16.7. The van der Waals surface area contributed by atoms with Gasteiger partial charge in [0.05, 0.1) is 17.6 Å². The maximum Gasteiger partial charge on any atom is 0.326 e. The summed E-state index contributed by atoms with van der Waals surface area (Å²) >= 11 is 11.6. The maximum absolute atomic E-state index is 14.3. The van der Waals surface area contributed by atoms with Crippen molar-refractivity contribution in [1.82, 2.24) is 14.9 Å². The van der Waals surface area contributed by atoms with E-state index >= 15 is 0 Å².